The molecule has 7 heteroatoms. The standard InChI is InChI=1S/C30H34N2O5/c1-2-3-18-37-28-14-12-24(36-19-17-32-15-7-8-16-32)21-26(28)29(33)31-27-20-23(11-13-25(27)30(34)35)22-9-5-4-6-10-22/h4-6,9-14,20-21H,2-3,7-8,15-19H2,1H3,(H,31,33)(H,34,35). The number of carboxylic acids is 1. The molecule has 0 aromatic heterocycles. The van der Waals surface area contributed by atoms with Crippen molar-refractivity contribution >= 4 is 17.6 Å². The third kappa shape index (κ3) is 7.11. The Labute approximate surface area is 218 Å². The summed E-state index contributed by atoms with van der Waals surface area (Å²) < 4.78 is 11.9. The zero-order valence-electron chi connectivity index (χ0n) is 21.2. The van der Waals surface area contributed by atoms with Crippen molar-refractivity contribution in [3.63, 3.8) is 0 Å². The molecule has 3 aromatic carbocycles. The Bertz CT molecular complexity index is 1210. The van der Waals surface area contributed by atoms with Gasteiger partial charge in [0.25, 0.3) is 5.91 Å². The maximum absolute atomic E-state index is 13.5. The van der Waals surface area contributed by atoms with Gasteiger partial charge in [-0.05, 0) is 73.8 Å². The number of carboxylic acid groups (broad SMARTS) is 1. The lowest BCUT2D eigenvalue weighted by molar-refractivity contribution is 0.0698. The largest absolute Gasteiger partial charge is 0.493 e. The number of benzene rings is 3. The summed E-state index contributed by atoms with van der Waals surface area (Å²) in [5, 5.41) is 12.6. The van der Waals surface area contributed by atoms with Gasteiger partial charge < -0.3 is 19.9 Å². The second kappa shape index (κ2) is 12.9. The number of rotatable bonds is 12. The summed E-state index contributed by atoms with van der Waals surface area (Å²) in [6.07, 6.45) is 4.26. The SMILES string of the molecule is CCCCOc1ccc(OCCN2CCCC2)cc1C(=O)Nc1cc(-c2ccccc2)ccc1C(=O)O. The van der Waals surface area contributed by atoms with Crippen molar-refractivity contribution in [3.8, 4) is 22.6 Å². The number of aromatic carboxylic acids is 1. The molecule has 0 radical (unpaired) electrons. The molecule has 0 bridgehead atoms. The van der Waals surface area contributed by atoms with Gasteiger partial charge in [0.1, 0.15) is 18.1 Å². The highest BCUT2D eigenvalue weighted by Gasteiger charge is 2.19. The van der Waals surface area contributed by atoms with Gasteiger partial charge in [-0.3, -0.25) is 9.69 Å². The number of carbonyl (C=O) groups excluding carboxylic acids is 1. The first-order valence-electron chi connectivity index (χ1n) is 12.9. The van der Waals surface area contributed by atoms with Crippen LogP contribution in [0.1, 0.15) is 53.3 Å². The second-order valence-corrected chi connectivity index (χ2v) is 9.14. The predicted octanol–water partition coefficient (Wildman–Crippen LogP) is 5.96. The lowest BCUT2D eigenvalue weighted by atomic mass is 10.0. The highest BCUT2D eigenvalue weighted by atomic mass is 16.5. The number of hydrogen-bond donors (Lipinski definition) is 2. The highest BCUT2D eigenvalue weighted by molar-refractivity contribution is 6.09. The minimum Gasteiger partial charge on any atom is -0.493 e. The summed E-state index contributed by atoms with van der Waals surface area (Å²) in [5.74, 6) is -0.560. The van der Waals surface area contributed by atoms with E-state index in [1.54, 1.807) is 30.3 Å². The third-order valence-corrected chi connectivity index (χ3v) is 6.43. The maximum atomic E-state index is 13.5. The predicted molar refractivity (Wildman–Crippen MR) is 145 cm³/mol. The van der Waals surface area contributed by atoms with Gasteiger partial charge in [0, 0.05) is 6.54 Å². The maximum Gasteiger partial charge on any atom is 0.337 e. The monoisotopic (exact) mass is 502 g/mol. The number of hydrogen-bond acceptors (Lipinski definition) is 5. The van der Waals surface area contributed by atoms with Crippen LogP contribution in [0.15, 0.2) is 66.7 Å². The molecule has 1 amide bonds. The van der Waals surface area contributed by atoms with Gasteiger partial charge in [-0.2, -0.15) is 0 Å². The van der Waals surface area contributed by atoms with Crippen LogP contribution in [-0.2, 0) is 0 Å². The van der Waals surface area contributed by atoms with Gasteiger partial charge in [-0.25, -0.2) is 4.79 Å². The van der Waals surface area contributed by atoms with E-state index in [4.69, 9.17) is 9.47 Å². The molecule has 0 unspecified atom stereocenters. The van der Waals surface area contributed by atoms with Crippen molar-refractivity contribution in [2.24, 2.45) is 0 Å². The number of unbranched alkanes of at least 4 members (excludes halogenated alkanes) is 1. The first-order chi connectivity index (χ1) is 18.0. The topological polar surface area (TPSA) is 88.1 Å². The fraction of sp³-hybridized carbons (Fsp3) is 0.333. The van der Waals surface area contributed by atoms with Crippen LogP contribution in [0, 0.1) is 0 Å². The highest BCUT2D eigenvalue weighted by Crippen LogP contribution is 2.29. The molecule has 0 saturated carbocycles. The van der Waals surface area contributed by atoms with Crippen LogP contribution in [0.3, 0.4) is 0 Å². The van der Waals surface area contributed by atoms with Gasteiger partial charge >= 0.3 is 5.97 Å². The van der Waals surface area contributed by atoms with E-state index in [0.29, 0.717) is 30.3 Å². The van der Waals surface area contributed by atoms with Crippen LogP contribution in [0.25, 0.3) is 11.1 Å². The number of nitrogens with zero attached hydrogens (tertiary/aromatic N) is 1. The average molecular weight is 503 g/mol. The molecule has 3 aromatic rings. The van der Waals surface area contributed by atoms with E-state index in [2.05, 4.69) is 17.1 Å². The molecule has 194 valence electrons. The summed E-state index contributed by atoms with van der Waals surface area (Å²) in [5.41, 5.74) is 2.26. The van der Waals surface area contributed by atoms with E-state index < -0.39 is 11.9 Å². The summed E-state index contributed by atoms with van der Waals surface area (Å²) in [6.45, 7) is 6.10. The summed E-state index contributed by atoms with van der Waals surface area (Å²) >= 11 is 0. The molecule has 0 spiro atoms. The lowest BCUT2D eigenvalue weighted by Gasteiger charge is -2.17. The number of anilines is 1. The lowest BCUT2D eigenvalue weighted by Crippen LogP contribution is -2.25. The van der Waals surface area contributed by atoms with Crippen molar-refractivity contribution in [1.29, 1.82) is 0 Å². The van der Waals surface area contributed by atoms with Crippen LogP contribution in [-0.4, -0.2) is 54.7 Å². The van der Waals surface area contributed by atoms with E-state index in [0.717, 1.165) is 43.6 Å². The molecule has 0 aliphatic carbocycles. The normalized spacial score (nSPS) is 13.3. The molecular formula is C30H34N2O5. The van der Waals surface area contributed by atoms with Gasteiger partial charge in [0.2, 0.25) is 0 Å². The molecular weight excluding hydrogens is 468 g/mol. The Morgan fingerprint density at radius 3 is 2.41 bits per heavy atom. The van der Waals surface area contributed by atoms with Gasteiger partial charge in [-0.1, -0.05) is 49.7 Å². The van der Waals surface area contributed by atoms with Crippen LogP contribution >= 0.6 is 0 Å². The van der Waals surface area contributed by atoms with E-state index in [1.165, 1.54) is 18.9 Å². The van der Waals surface area contributed by atoms with Crippen LogP contribution in [0.2, 0.25) is 0 Å². The van der Waals surface area contributed by atoms with Crippen LogP contribution < -0.4 is 14.8 Å². The fourth-order valence-electron chi connectivity index (χ4n) is 4.36. The first kappa shape index (κ1) is 26.2. The van der Waals surface area contributed by atoms with Gasteiger partial charge in [-0.15, -0.1) is 0 Å². The van der Waals surface area contributed by atoms with E-state index >= 15 is 0 Å². The number of likely N-dealkylation sites (tertiary alicyclic amines) is 1. The molecule has 2 N–H and O–H groups in total. The number of nitrogens with one attached hydrogen (secondary N) is 1. The molecule has 1 aliphatic heterocycles. The molecule has 1 heterocycles. The molecule has 1 aliphatic rings. The van der Waals surface area contributed by atoms with E-state index in [1.807, 2.05) is 30.3 Å². The molecule has 7 nitrogen and oxygen atoms in total. The minimum atomic E-state index is -1.12. The molecule has 1 saturated heterocycles. The van der Waals surface area contributed by atoms with Crippen molar-refractivity contribution < 1.29 is 24.2 Å². The summed E-state index contributed by atoms with van der Waals surface area (Å²) in [4.78, 5) is 27.8. The van der Waals surface area contributed by atoms with Gasteiger partial charge in [0.15, 0.2) is 0 Å². The Morgan fingerprint density at radius 2 is 1.68 bits per heavy atom. The van der Waals surface area contributed by atoms with E-state index in [-0.39, 0.29) is 11.3 Å². The smallest absolute Gasteiger partial charge is 0.337 e. The second-order valence-electron chi connectivity index (χ2n) is 9.14. The zero-order valence-corrected chi connectivity index (χ0v) is 21.2. The summed E-state index contributed by atoms with van der Waals surface area (Å²) in [6, 6.07) is 19.8. The number of ether oxygens (including phenoxy) is 2. The molecule has 0 atom stereocenters. The number of carbonyl (C=O) groups is 2. The molecule has 4 rings (SSSR count). The van der Waals surface area contributed by atoms with Crippen LogP contribution in [0.5, 0.6) is 11.5 Å². The zero-order chi connectivity index (χ0) is 26.0. The molecule has 37 heavy (non-hydrogen) atoms. The third-order valence-electron chi connectivity index (χ3n) is 6.43. The van der Waals surface area contributed by atoms with Crippen molar-refractivity contribution in [2.45, 2.75) is 32.6 Å². The first-order valence-corrected chi connectivity index (χ1v) is 12.9. The fourth-order valence-corrected chi connectivity index (χ4v) is 4.36. The quantitative estimate of drug-likeness (QED) is 0.297. The molecule has 1 fully saturated rings. The van der Waals surface area contributed by atoms with E-state index in [9.17, 15) is 14.7 Å². The Balaban J connectivity index is 1.57. The Kier molecular flexibility index (Phi) is 9.16. The average Bonchev–Trinajstić information content (AvgIpc) is 3.43. The van der Waals surface area contributed by atoms with Crippen LogP contribution in [0.4, 0.5) is 5.69 Å². The minimum absolute atomic E-state index is 0.0134. The Hall–Kier alpha value is -3.84. The van der Waals surface area contributed by atoms with Gasteiger partial charge in [0.05, 0.1) is 23.4 Å². The summed E-state index contributed by atoms with van der Waals surface area (Å²) in [7, 11) is 0. The van der Waals surface area contributed by atoms with Crippen molar-refractivity contribution in [1.82, 2.24) is 4.90 Å². The van der Waals surface area contributed by atoms with Crippen molar-refractivity contribution in [3.05, 3.63) is 77.9 Å². The van der Waals surface area contributed by atoms with Crippen molar-refractivity contribution in [2.75, 3.05) is 38.2 Å². The Morgan fingerprint density at radius 1 is 0.892 bits per heavy atom. The number of amides is 1.